The van der Waals surface area contributed by atoms with E-state index in [2.05, 4.69) is 15.3 Å². The van der Waals surface area contributed by atoms with Gasteiger partial charge in [0.1, 0.15) is 5.82 Å². The second kappa shape index (κ2) is 6.69. The Balaban J connectivity index is 1.54. The van der Waals surface area contributed by atoms with Crippen molar-refractivity contribution in [3.05, 3.63) is 48.5 Å². The van der Waals surface area contributed by atoms with Crippen molar-refractivity contribution in [2.45, 2.75) is 25.9 Å². The van der Waals surface area contributed by atoms with Gasteiger partial charge in [-0.25, -0.2) is 4.98 Å². The predicted molar refractivity (Wildman–Crippen MR) is 98.3 cm³/mol. The van der Waals surface area contributed by atoms with E-state index in [9.17, 15) is 4.79 Å². The van der Waals surface area contributed by atoms with E-state index in [-0.39, 0.29) is 17.9 Å². The Labute approximate surface area is 146 Å². The van der Waals surface area contributed by atoms with Gasteiger partial charge in [0.05, 0.1) is 17.1 Å². The molecule has 128 valence electrons. The van der Waals surface area contributed by atoms with Crippen LogP contribution in [0.15, 0.2) is 48.5 Å². The minimum Gasteiger partial charge on any atom is -0.378 e. The lowest BCUT2D eigenvalue weighted by Crippen LogP contribution is -2.32. The molecule has 1 aliphatic heterocycles. The first kappa shape index (κ1) is 15.8. The summed E-state index contributed by atoms with van der Waals surface area (Å²) in [5, 5.41) is 3.04. The molecule has 1 saturated heterocycles. The lowest BCUT2D eigenvalue weighted by Gasteiger charge is -2.26. The van der Waals surface area contributed by atoms with Crippen LogP contribution >= 0.6 is 0 Å². The number of rotatable bonds is 3. The molecule has 3 aromatic rings. The molecule has 1 aromatic heterocycles. The first-order chi connectivity index (χ1) is 12.2. The van der Waals surface area contributed by atoms with Crippen LogP contribution in [-0.4, -0.2) is 28.6 Å². The number of nitrogens with zero attached hydrogens (tertiary/aromatic N) is 1. The van der Waals surface area contributed by atoms with Crippen LogP contribution in [0.25, 0.3) is 22.4 Å². The third kappa shape index (κ3) is 3.42. The highest BCUT2D eigenvalue weighted by Gasteiger charge is 2.25. The van der Waals surface area contributed by atoms with Crippen molar-refractivity contribution in [1.29, 1.82) is 0 Å². The number of carbonyl (C=O) groups is 1. The van der Waals surface area contributed by atoms with E-state index in [1.165, 1.54) is 0 Å². The van der Waals surface area contributed by atoms with Crippen LogP contribution < -0.4 is 5.32 Å². The molecule has 1 aliphatic rings. The lowest BCUT2D eigenvalue weighted by molar-refractivity contribution is -0.124. The van der Waals surface area contributed by atoms with Crippen LogP contribution in [0.5, 0.6) is 0 Å². The fraction of sp³-hybridized carbons (Fsp3) is 0.300. The van der Waals surface area contributed by atoms with E-state index in [0.29, 0.717) is 6.61 Å². The number of amides is 1. The molecular weight excluding hydrogens is 314 g/mol. The molecule has 25 heavy (non-hydrogen) atoms. The Bertz CT molecular complexity index is 870. The molecular formula is C20H21N3O2. The van der Waals surface area contributed by atoms with Crippen LogP contribution in [-0.2, 0) is 9.53 Å². The number of aromatic nitrogens is 2. The molecule has 0 radical (unpaired) electrons. The SMILES string of the molecule is C[C@@H]1C[C@@H](C(=O)Nc2cccc(-c3nc4ccccc4[nH]3)c2)CCO1. The van der Waals surface area contributed by atoms with Gasteiger partial charge in [0.2, 0.25) is 5.91 Å². The molecule has 5 nitrogen and oxygen atoms in total. The molecule has 0 unspecified atom stereocenters. The fourth-order valence-corrected chi connectivity index (χ4v) is 3.31. The molecule has 0 spiro atoms. The highest BCUT2D eigenvalue weighted by atomic mass is 16.5. The van der Waals surface area contributed by atoms with Gasteiger partial charge in [0.15, 0.2) is 0 Å². The largest absolute Gasteiger partial charge is 0.378 e. The number of imidazole rings is 1. The Morgan fingerprint density at radius 1 is 1.24 bits per heavy atom. The molecule has 1 amide bonds. The Morgan fingerprint density at radius 2 is 2.12 bits per heavy atom. The summed E-state index contributed by atoms with van der Waals surface area (Å²) in [6, 6.07) is 15.7. The summed E-state index contributed by atoms with van der Waals surface area (Å²) in [5.41, 5.74) is 3.68. The number of ether oxygens (including phenoxy) is 1. The second-order valence-corrected chi connectivity index (χ2v) is 6.58. The summed E-state index contributed by atoms with van der Waals surface area (Å²) in [5.74, 6) is 0.882. The number of hydrogen-bond acceptors (Lipinski definition) is 3. The molecule has 2 heterocycles. The van der Waals surface area contributed by atoms with Gasteiger partial charge in [-0.15, -0.1) is 0 Å². The number of anilines is 1. The van der Waals surface area contributed by atoms with Gasteiger partial charge < -0.3 is 15.0 Å². The maximum Gasteiger partial charge on any atom is 0.227 e. The zero-order chi connectivity index (χ0) is 17.2. The standard InChI is InChI=1S/C20H21N3O2/c1-13-11-15(9-10-25-13)20(24)21-16-6-4-5-14(12-16)19-22-17-7-2-3-8-18(17)23-19/h2-8,12-13,15H,9-11H2,1H3,(H,21,24)(H,22,23)/t13-,15+/m1/s1. The highest BCUT2D eigenvalue weighted by molar-refractivity contribution is 5.93. The average molecular weight is 335 g/mol. The Kier molecular flexibility index (Phi) is 4.24. The lowest BCUT2D eigenvalue weighted by atomic mass is 9.95. The fourth-order valence-electron chi connectivity index (χ4n) is 3.31. The summed E-state index contributed by atoms with van der Waals surface area (Å²) in [6.45, 7) is 2.67. The number of H-pyrrole nitrogens is 1. The number of nitrogens with one attached hydrogen (secondary N) is 2. The van der Waals surface area contributed by atoms with E-state index >= 15 is 0 Å². The average Bonchev–Trinajstić information content (AvgIpc) is 3.06. The predicted octanol–water partition coefficient (Wildman–Crippen LogP) is 3.98. The Morgan fingerprint density at radius 3 is 2.96 bits per heavy atom. The summed E-state index contributed by atoms with van der Waals surface area (Å²) < 4.78 is 5.52. The van der Waals surface area contributed by atoms with Crippen LogP contribution in [0.3, 0.4) is 0 Å². The van der Waals surface area contributed by atoms with Gasteiger partial charge in [-0.1, -0.05) is 24.3 Å². The van der Waals surface area contributed by atoms with E-state index in [0.717, 1.165) is 41.0 Å². The van der Waals surface area contributed by atoms with E-state index in [4.69, 9.17) is 4.74 Å². The molecule has 2 atom stereocenters. The number of fused-ring (bicyclic) bond motifs is 1. The maximum absolute atomic E-state index is 12.5. The van der Waals surface area contributed by atoms with E-state index in [1.807, 2.05) is 55.5 Å². The number of benzene rings is 2. The highest BCUT2D eigenvalue weighted by Crippen LogP contribution is 2.25. The molecule has 1 fully saturated rings. The monoisotopic (exact) mass is 335 g/mol. The summed E-state index contributed by atoms with van der Waals surface area (Å²) >= 11 is 0. The maximum atomic E-state index is 12.5. The third-order valence-electron chi connectivity index (χ3n) is 4.65. The van der Waals surface area contributed by atoms with Gasteiger partial charge >= 0.3 is 0 Å². The minimum absolute atomic E-state index is 0.0126. The zero-order valence-corrected chi connectivity index (χ0v) is 14.2. The van der Waals surface area contributed by atoms with Crippen molar-refractivity contribution in [2.24, 2.45) is 5.92 Å². The van der Waals surface area contributed by atoms with Crippen molar-refractivity contribution in [1.82, 2.24) is 9.97 Å². The minimum atomic E-state index is 0.0126. The normalized spacial score (nSPS) is 20.5. The molecule has 5 heteroatoms. The Hall–Kier alpha value is -2.66. The summed E-state index contributed by atoms with van der Waals surface area (Å²) in [7, 11) is 0. The van der Waals surface area contributed by atoms with Gasteiger partial charge in [-0.3, -0.25) is 4.79 Å². The van der Waals surface area contributed by atoms with E-state index < -0.39 is 0 Å². The van der Waals surface area contributed by atoms with Gasteiger partial charge in [-0.05, 0) is 44.0 Å². The van der Waals surface area contributed by atoms with Crippen LogP contribution in [0, 0.1) is 5.92 Å². The van der Waals surface area contributed by atoms with E-state index in [1.54, 1.807) is 0 Å². The molecule has 2 aromatic carbocycles. The summed E-state index contributed by atoms with van der Waals surface area (Å²) in [4.78, 5) is 20.5. The van der Waals surface area contributed by atoms with Gasteiger partial charge in [0, 0.05) is 23.8 Å². The zero-order valence-electron chi connectivity index (χ0n) is 14.2. The van der Waals surface area contributed by atoms with Gasteiger partial charge in [0.25, 0.3) is 0 Å². The number of para-hydroxylation sites is 2. The molecule has 0 saturated carbocycles. The quantitative estimate of drug-likeness (QED) is 0.761. The van der Waals surface area contributed by atoms with Gasteiger partial charge in [-0.2, -0.15) is 0 Å². The molecule has 0 bridgehead atoms. The van der Waals surface area contributed by atoms with Crippen molar-refractivity contribution in [3.63, 3.8) is 0 Å². The first-order valence-electron chi connectivity index (χ1n) is 8.67. The number of hydrogen-bond donors (Lipinski definition) is 2. The van der Waals surface area contributed by atoms with Crippen LogP contribution in [0.2, 0.25) is 0 Å². The van der Waals surface area contributed by atoms with Crippen LogP contribution in [0.1, 0.15) is 19.8 Å². The van der Waals surface area contributed by atoms with Crippen molar-refractivity contribution < 1.29 is 9.53 Å². The number of aromatic amines is 1. The third-order valence-corrected chi connectivity index (χ3v) is 4.65. The van der Waals surface area contributed by atoms with Crippen molar-refractivity contribution in [2.75, 3.05) is 11.9 Å². The van der Waals surface area contributed by atoms with Crippen molar-refractivity contribution in [3.8, 4) is 11.4 Å². The number of carbonyl (C=O) groups excluding carboxylic acids is 1. The topological polar surface area (TPSA) is 67.0 Å². The first-order valence-corrected chi connectivity index (χ1v) is 8.67. The smallest absolute Gasteiger partial charge is 0.227 e. The molecule has 0 aliphatic carbocycles. The summed E-state index contributed by atoms with van der Waals surface area (Å²) in [6.07, 6.45) is 1.69. The molecule has 2 N–H and O–H groups in total. The molecule has 4 rings (SSSR count). The van der Waals surface area contributed by atoms with Crippen molar-refractivity contribution >= 4 is 22.6 Å². The van der Waals surface area contributed by atoms with Crippen LogP contribution in [0.4, 0.5) is 5.69 Å². The second-order valence-electron chi connectivity index (χ2n) is 6.58.